The summed E-state index contributed by atoms with van der Waals surface area (Å²) in [7, 11) is 0. The third-order valence-corrected chi connectivity index (χ3v) is 6.28. The number of benzene rings is 2. The van der Waals surface area contributed by atoms with Crippen LogP contribution in [0.1, 0.15) is 25.0 Å². The van der Waals surface area contributed by atoms with Crippen LogP contribution in [0.3, 0.4) is 0 Å². The highest BCUT2D eigenvalue weighted by Gasteiger charge is 2.18. The lowest BCUT2D eigenvalue weighted by Gasteiger charge is -2.31. The first-order chi connectivity index (χ1) is 15.0. The second-order valence-electron chi connectivity index (χ2n) is 7.31. The molecule has 31 heavy (non-hydrogen) atoms. The number of anilines is 2. The van der Waals surface area contributed by atoms with Crippen LogP contribution in [0.25, 0.3) is 17.4 Å². The number of halogens is 3. The Morgan fingerprint density at radius 1 is 0.935 bits per heavy atom. The summed E-state index contributed by atoms with van der Waals surface area (Å²) in [6.45, 7) is 1.87. The van der Waals surface area contributed by atoms with Crippen molar-refractivity contribution in [1.29, 1.82) is 0 Å². The van der Waals surface area contributed by atoms with Gasteiger partial charge in [0.05, 0.1) is 26.4 Å². The molecule has 0 atom stereocenters. The van der Waals surface area contributed by atoms with E-state index in [2.05, 4.69) is 10.2 Å². The standard InChI is InChI=1S/C24H21Cl3N2O2/c25-18-7-4-6-17(23(18)27)21-12-10-16(31-21)11-13-22(30)28-20-9-5-8-19(26)24(20)29-14-2-1-3-15-29/h4-13H,1-3,14-15H2,(H,28,30). The fourth-order valence-electron chi connectivity index (χ4n) is 3.67. The van der Waals surface area contributed by atoms with Crippen molar-refractivity contribution in [2.24, 2.45) is 0 Å². The van der Waals surface area contributed by atoms with Crippen LogP contribution in [0.15, 0.2) is 59.0 Å². The van der Waals surface area contributed by atoms with E-state index in [-0.39, 0.29) is 5.91 Å². The molecule has 2 heterocycles. The normalized spacial score (nSPS) is 14.2. The van der Waals surface area contributed by atoms with Gasteiger partial charge in [0.1, 0.15) is 11.5 Å². The Labute approximate surface area is 196 Å². The molecule has 0 spiro atoms. The molecule has 0 radical (unpaired) electrons. The van der Waals surface area contributed by atoms with Gasteiger partial charge in [0, 0.05) is 24.7 Å². The Morgan fingerprint density at radius 3 is 2.48 bits per heavy atom. The van der Waals surface area contributed by atoms with E-state index in [1.54, 1.807) is 30.3 Å². The van der Waals surface area contributed by atoms with Crippen LogP contribution < -0.4 is 10.2 Å². The third kappa shape index (κ3) is 5.09. The summed E-state index contributed by atoms with van der Waals surface area (Å²) in [6.07, 6.45) is 6.51. The van der Waals surface area contributed by atoms with Gasteiger partial charge in [-0.25, -0.2) is 0 Å². The number of carbonyl (C=O) groups excluding carboxylic acids is 1. The summed E-state index contributed by atoms with van der Waals surface area (Å²) >= 11 is 18.8. The van der Waals surface area contributed by atoms with Gasteiger partial charge in [-0.3, -0.25) is 4.79 Å². The topological polar surface area (TPSA) is 45.5 Å². The smallest absolute Gasteiger partial charge is 0.248 e. The quantitative estimate of drug-likeness (QED) is 0.387. The van der Waals surface area contributed by atoms with E-state index >= 15 is 0 Å². The molecule has 0 saturated carbocycles. The van der Waals surface area contributed by atoms with Gasteiger partial charge in [-0.2, -0.15) is 0 Å². The van der Waals surface area contributed by atoms with Crippen molar-refractivity contribution in [3.63, 3.8) is 0 Å². The van der Waals surface area contributed by atoms with Crippen LogP contribution in [0.4, 0.5) is 11.4 Å². The van der Waals surface area contributed by atoms with Crippen LogP contribution in [-0.4, -0.2) is 19.0 Å². The lowest BCUT2D eigenvalue weighted by molar-refractivity contribution is -0.111. The van der Waals surface area contributed by atoms with Crippen molar-refractivity contribution < 1.29 is 9.21 Å². The van der Waals surface area contributed by atoms with Gasteiger partial charge in [-0.05, 0) is 61.7 Å². The van der Waals surface area contributed by atoms with Crippen molar-refractivity contribution in [3.05, 3.63) is 75.4 Å². The van der Waals surface area contributed by atoms with Gasteiger partial charge in [0.2, 0.25) is 5.91 Å². The monoisotopic (exact) mass is 474 g/mol. The number of hydrogen-bond donors (Lipinski definition) is 1. The molecule has 160 valence electrons. The summed E-state index contributed by atoms with van der Waals surface area (Å²) in [5.41, 5.74) is 2.28. The van der Waals surface area contributed by atoms with Gasteiger partial charge in [0.25, 0.3) is 0 Å². The zero-order valence-corrected chi connectivity index (χ0v) is 19.0. The molecule has 2 aromatic carbocycles. The Hall–Kier alpha value is -2.40. The molecule has 0 aliphatic carbocycles. The molecule has 1 saturated heterocycles. The maximum atomic E-state index is 12.6. The lowest BCUT2D eigenvalue weighted by Crippen LogP contribution is -2.30. The largest absolute Gasteiger partial charge is 0.457 e. The number of rotatable bonds is 5. The SMILES string of the molecule is O=C(C=Cc1ccc(-c2cccc(Cl)c2Cl)o1)Nc1cccc(Cl)c1N1CCCCC1. The Balaban J connectivity index is 1.48. The van der Waals surface area contributed by atoms with E-state index in [0.717, 1.165) is 31.6 Å². The molecular weight excluding hydrogens is 455 g/mol. The first-order valence-electron chi connectivity index (χ1n) is 10.1. The molecule has 1 aliphatic rings. The molecule has 1 fully saturated rings. The van der Waals surface area contributed by atoms with Crippen molar-refractivity contribution in [1.82, 2.24) is 0 Å². The van der Waals surface area contributed by atoms with Crippen LogP contribution in [-0.2, 0) is 4.79 Å². The number of nitrogens with one attached hydrogen (secondary N) is 1. The predicted octanol–water partition coefficient (Wildman–Crippen LogP) is 7.55. The van der Waals surface area contributed by atoms with Gasteiger partial charge < -0.3 is 14.6 Å². The van der Waals surface area contributed by atoms with Crippen molar-refractivity contribution >= 4 is 58.2 Å². The molecule has 1 aliphatic heterocycles. The number of piperidine rings is 1. The minimum absolute atomic E-state index is 0.265. The van der Waals surface area contributed by atoms with Crippen LogP contribution in [0.5, 0.6) is 0 Å². The molecule has 0 bridgehead atoms. The Bertz CT molecular complexity index is 1120. The van der Waals surface area contributed by atoms with Gasteiger partial charge in [-0.1, -0.05) is 46.9 Å². The van der Waals surface area contributed by atoms with Crippen molar-refractivity contribution in [3.8, 4) is 11.3 Å². The number of hydrogen-bond acceptors (Lipinski definition) is 3. The fourth-order valence-corrected chi connectivity index (χ4v) is 4.36. The summed E-state index contributed by atoms with van der Waals surface area (Å²) in [4.78, 5) is 14.8. The molecular formula is C24H21Cl3N2O2. The minimum Gasteiger partial charge on any atom is -0.457 e. The molecule has 4 nitrogen and oxygen atoms in total. The van der Waals surface area contributed by atoms with Crippen LogP contribution in [0.2, 0.25) is 15.1 Å². The van der Waals surface area contributed by atoms with Crippen LogP contribution >= 0.6 is 34.8 Å². The van der Waals surface area contributed by atoms with Gasteiger partial charge in [0.15, 0.2) is 0 Å². The average Bonchev–Trinajstić information content (AvgIpc) is 3.24. The van der Waals surface area contributed by atoms with E-state index in [1.165, 1.54) is 12.5 Å². The number of para-hydroxylation sites is 1. The highest BCUT2D eigenvalue weighted by atomic mass is 35.5. The first kappa shape index (κ1) is 21.8. The summed E-state index contributed by atoms with van der Waals surface area (Å²) in [5.74, 6) is 0.845. The molecule has 4 rings (SSSR count). The summed E-state index contributed by atoms with van der Waals surface area (Å²) in [5, 5.41) is 4.46. The summed E-state index contributed by atoms with van der Waals surface area (Å²) < 4.78 is 5.80. The summed E-state index contributed by atoms with van der Waals surface area (Å²) in [6, 6.07) is 14.5. The molecule has 3 aromatic rings. The van der Waals surface area contributed by atoms with E-state index in [1.807, 2.05) is 24.3 Å². The second-order valence-corrected chi connectivity index (χ2v) is 8.50. The van der Waals surface area contributed by atoms with Gasteiger partial charge >= 0.3 is 0 Å². The van der Waals surface area contributed by atoms with E-state index in [4.69, 9.17) is 39.2 Å². The number of furan rings is 1. The van der Waals surface area contributed by atoms with Crippen molar-refractivity contribution in [2.75, 3.05) is 23.3 Å². The predicted molar refractivity (Wildman–Crippen MR) is 129 cm³/mol. The number of amides is 1. The third-order valence-electron chi connectivity index (χ3n) is 5.16. The molecule has 1 aromatic heterocycles. The first-order valence-corrected chi connectivity index (χ1v) is 11.2. The molecule has 7 heteroatoms. The minimum atomic E-state index is -0.265. The second kappa shape index (κ2) is 9.82. The highest BCUT2D eigenvalue weighted by molar-refractivity contribution is 6.43. The average molecular weight is 476 g/mol. The Kier molecular flexibility index (Phi) is 6.91. The molecule has 0 unspecified atom stereocenters. The van der Waals surface area contributed by atoms with E-state index in [0.29, 0.717) is 37.8 Å². The number of nitrogens with zero attached hydrogens (tertiary/aromatic N) is 1. The van der Waals surface area contributed by atoms with Crippen LogP contribution in [0, 0.1) is 0 Å². The van der Waals surface area contributed by atoms with E-state index < -0.39 is 0 Å². The maximum absolute atomic E-state index is 12.6. The van der Waals surface area contributed by atoms with Gasteiger partial charge in [-0.15, -0.1) is 0 Å². The Morgan fingerprint density at radius 2 is 1.68 bits per heavy atom. The fraction of sp³-hybridized carbons (Fsp3) is 0.208. The zero-order valence-electron chi connectivity index (χ0n) is 16.7. The zero-order chi connectivity index (χ0) is 21.8. The van der Waals surface area contributed by atoms with E-state index in [9.17, 15) is 4.79 Å². The lowest BCUT2D eigenvalue weighted by atomic mass is 10.1. The molecule has 1 N–H and O–H groups in total. The highest BCUT2D eigenvalue weighted by Crippen LogP contribution is 2.36. The maximum Gasteiger partial charge on any atom is 0.248 e. The molecule has 1 amide bonds. The van der Waals surface area contributed by atoms with Crippen molar-refractivity contribution in [2.45, 2.75) is 19.3 Å². The number of carbonyl (C=O) groups is 1.